The Bertz CT molecular complexity index is 1030. The fraction of sp³-hybridized carbons (Fsp3) is 0.400. The summed E-state index contributed by atoms with van der Waals surface area (Å²) >= 11 is 0. The zero-order valence-electron chi connectivity index (χ0n) is 19.2. The number of benzene rings is 2. The Morgan fingerprint density at radius 3 is 2.44 bits per heavy atom. The van der Waals surface area contributed by atoms with Crippen LogP contribution in [-0.2, 0) is 9.59 Å². The second kappa shape index (κ2) is 10.9. The van der Waals surface area contributed by atoms with Gasteiger partial charge < -0.3 is 29.7 Å². The highest BCUT2D eigenvalue weighted by atomic mass is 16.7. The van der Waals surface area contributed by atoms with Crippen LogP contribution < -0.4 is 24.8 Å². The minimum absolute atomic E-state index is 0.0226. The summed E-state index contributed by atoms with van der Waals surface area (Å²) in [5.41, 5.74) is 1.04. The van der Waals surface area contributed by atoms with Gasteiger partial charge in [0.05, 0.1) is 13.7 Å². The molecule has 9 nitrogen and oxygen atoms in total. The molecule has 2 aliphatic rings. The lowest BCUT2D eigenvalue weighted by atomic mass is 9.93. The van der Waals surface area contributed by atoms with Gasteiger partial charge in [-0.2, -0.15) is 0 Å². The minimum Gasteiger partial charge on any atom is -0.497 e. The van der Waals surface area contributed by atoms with Crippen LogP contribution in [0, 0.1) is 0 Å². The van der Waals surface area contributed by atoms with Gasteiger partial charge >= 0.3 is 0 Å². The summed E-state index contributed by atoms with van der Waals surface area (Å²) in [7, 11) is 1.57. The zero-order chi connectivity index (χ0) is 23.9. The van der Waals surface area contributed by atoms with E-state index in [1.54, 1.807) is 54.5 Å². The number of ether oxygens (including phenoxy) is 3. The van der Waals surface area contributed by atoms with E-state index in [1.165, 1.54) is 0 Å². The van der Waals surface area contributed by atoms with E-state index < -0.39 is 0 Å². The molecule has 0 unspecified atom stereocenters. The van der Waals surface area contributed by atoms with Gasteiger partial charge in [0.25, 0.3) is 5.91 Å². The van der Waals surface area contributed by atoms with Crippen molar-refractivity contribution >= 4 is 23.4 Å². The van der Waals surface area contributed by atoms with Gasteiger partial charge in [-0.1, -0.05) is 19.3 Å². The van der Waals surface area contributed by atoms with Crippen molar-refractivity contribution in [3.8, 4) is 17.2 Å². The monoisotopic (exact) mass is 467 g/mol. The van der Waals surface area contributed by atoms with Crippen molar-refractivity contribution in [1.29, 1.82) is 0 Å². The van der Waals surface area contributed by atoms with Crippen molar-refractivity contribution in [3.05, 3.63) is 48.0 Å². The molecule has 4 rings (SSSR count). The van der Waals surface area contributed by atoms with E-state index in [0.29, 0.717) is 28.5 Å². The molecule has 9 heteroatoms. The summed E-state index contributed by atoms with van der Waals surface area (Å²) in [5, 5.41) is 5.35. The molecule has 2 aromatic rings. The molecule has 3 amide bonds. The molecule has 1 saturated carbocycles. The number of rotatable bonds is 8. The lowest BCUT2D eigenvalue weighted by Gasteiger charge is -2.34. The molecule has 0 atom stereocenters. The Labute approximate surface area is 198 Å². The summed E-state index contributed by atoms with van der Waals surface area (Å²) < 4.78 is 15.8. The fourth-order valence-electron chi connectivity index (χ4n) is 4.22. The number of methoxy groups -OCH3 is 1. The molecule has 34 heavy (non-hydrogen) atoms. The van der Waals surface area contributed by atoms with Gasteiger partial charge in [-0.15, -0.1) is 0 Å². The van der Waals surface area contributed by atoms with Gasteiger partial charge in [0.1, 0.15) is 12.3 Å². The molecule has 0 saturated heterocycles. The lowest BCUT2D eigenvalue weighted by Crippen LogP contribution is -2.48. The third-order valence-corrected chi connectivity index (χ3v) is 6.03. The normalized spacial score (nSPS) is 14.9. The Kier molecular flexibility index (Phi) is 7.51. The number of hydrogen-bond acceptors (Lipinski definition) is 6. The molecule has 0 bridgehead atoms. The predicted molar refractivity (Wildman–Crippen MR) is 125 cm³/mol. The molecule has 0 aromatic heterocycles. The van der Waals surface area contributed by atoms with E-state index in [4.69, 9.17) is 14.2 Å². The quantitative estimate of drug-likeness (QED) is 0.618. The first-order chi connectivity index (χ1) is 16.5. The number of nitrogens with one attached hydrogen (secondary N) is 2. The second-order valence-electron chi connectivity index (χ2n) is 8.35. The summed E-state index contributed by atoms with van der Waals surface area (Å²) in [4.78, 5) is 40.0. The van der Waals surface area contributed by atoms with Crippen LogP contribution in [0.4, 0.5) is 5.69 Å². The van der Waals surface area contributed by atoms with Gasteiger partial charge in [0, 0.05) is 17.3 Å². The number of carbonyl (C=O) groups is 3. The van der Waals surface area contributed by atoms with Crippen LogP contribution in [0.1, 0.15) is 42.5 Å². The highest BCUT2D eigenvalue weighted by molar-refractivity contribution is 5.98. The topological polar surface area (TPSA) is 106 Å². The maximum absolute atomic E-state index is 13.4. The van der Waals surface area contributed by atoms with Gasteiger partial charge in [-0.05, 0) is 55.3 Å². The van der Waals surface area contributed by atoms with E-state index in [9.17, 15) is 14.4 Å². The molecule has 1 heterocycles. The van der Waals surface area contributed by atoms with Crippen LogP contribution in [0.2, 0.25) is 0 Å². The van der Waals surface area contributed by atoms with Gasteiger partial charge in [-0.25, -0.2) is 0 Å². The van der Waals surface area contributed by atoms with E-state index in [2.05, 4.69) is 10.6 Å². The SMILES string of the molecule is COc1ccc(NC(=O)CNC(=O)CN(C(=O)c2ccc3c(c2)OCO3)C2CCCCC2)cc1. The molecule has 1 fully saturated rings. The Morgan fingerprint density at radius 1 is 0.971 bits per heavy atom. The summed E-state index contributed by atoms with van der Waals surface area (Å²) in [5.74, 6) is 0.828. The molecule has 180 valence electrons. The summed E-state index contributed by atoms with van der Waals surface area (Å²) in [6, 6.07) is 11.9. The first kappa shape index (κ1) is 23.4. The van der Waals surface area contributed by atoms with Crippen LogP contribution in [0.25, 0.3) is 0 Å². The smallest absolute Gasteiger partial charge is 0.254 e. The number of anilines is 1. The number of amides is 3. The molecular formula is C25H29N3O6. The third kappa shape index (κ3) is 5.78. The van der Waals surface area contributed by atoms with Crippen LogP contribution in [0.15, 0.2) is 42.5 Å². The van der Waals surface area contributed by atoms with Crippen molar-refractivity contribution in [1.82, 2.24) is 10.2 Å². The average Bonchev–Trinajstić information content (AvgIpc) is 3.35. The first-order valence-corrected chi connectivity index (χ1v) is 11.4. The van der Waals surface area contributed by atoms with Gasteiger partial charge in [-0.3, -0.25) is 14.4 Å². The molecule has 2 N–H and O–H groups in total. The number of fused-ring (bicyclic) bond motifs is 1. The van der Waals surface area contributed by atoms with E-state index >= 15 is 0 Å². The van der Waals surface area contributed by atoms with Crippen molar-refractivity contribution in [3.63, 3.8) is 0 Å². The summed E-state index contributed by atoms with van der Waals surface area (Å²) in [6.07, 6.45) is 4.85. The first-order valence-electron chi connectivity index (χ1n) is 11.4. The minimum atomic E-state index is -0.385. The number of carbonyl (C=O) groups excluding carboxylic acids is 3. The molecule has 2 aromatic carbocycles. The maximum Gasteiger partial charge on any atom is 0.254 e. The van der Waals surface area contributed by atoms with Gasteiger partial charge in [0.2, 0.25) is 18.6 Å². The Morgan fingerprint density at radius 2 is 1.71 bits per heavy atom. The molecule has 0 radical (unpaired) electrons. The second-order valence-corrected chi connectivity index (χ2v) is 8.35. The maximum atomic E-state index is 13.4. The standard InChI is InChI=1S/C25H29N3O6/c1-32-20-10-8-18(9-11-20)27-23(29)14-26-24(30)15-28(19-5-3-2-4-6-19)25(31)17-7-12-21-22(13-17)34-16-33-21/h7-13,19H,2-6,14-16H2,1H3,(H,26,30)(H,27,29). The molecular weight excluding hydrogens is 438 g/mol. The summed E-state index contributed by atoms with van der Waals surface area (Å²) in [6.45, 7) is -0.185. The molecule has 1 aliphatic carbocycles. The third-order valence-electron chi connectivity index (χ3n) is 6.03. The molecule has 1 aliphatic heterocycles. The zero-order valence-corrected chi connectivity index (χ0v) is 19.2. The van der Waals surface area contributed by atoms with Crippen LogP contribution >= 0.6 is 0 Å². The largest absolute Gasteiger partial charge is 0.497 e. The number of hydrogen-bond donors (Lipinski definition) is 2. The number of nitrogens with zero attached hydrogens (tertiary/aromatic N) is 1. The van der Waals surface area contributed by atoms with E-state index in [0.717, 1.165) is 32.1 Å². The van der Waals surface area contributed by atoms with Crippen molar-refractivity contribution in [2.75, 3.05) is 32.3 Å². The average molecular weight is 468 g/mol. The van der Waals surface area contributed by atoms with E-state index in [1.807, 2.05) is 0 Å². The van der Waals surface area contributed by atoms with Crippen molar-refractivity contribution in [2.45, 2.75) is 38.1 Å². The molecule has 0 spiro atoms. The highest BCUT2D eigenvalue weighted by Crippen LogP contribution is 2.33. The van der Waals surface area contributed by atoms with Crippen molar-refractivity contribution < 1.29 is 28.6 Å². The predicted octanol–water partition coefficient (Wildman–Crippen LogP) is 2.95. The lowest BCUT2D eigenvalue weighted by molar-refractivity contribution is -0.125. The van der Waals surface area contributed by atoms with Crippen molar-refractivity contribution in [2.24, 2.45) is 0 Å². The van der Waals surface area contributed by atoms with Crippen LogP contribution in [-0.4, -0.2) is 55.7 Å². The Hall–Kier alpha value is -3.75. The Balaban J connectivity index is 1.37. The highest BCUT2D eigenvalue weighted by Gasteiger charge is 2.29. The van der Waals surface area contributed by atoms with E-state index in [-0.39, 0.29) is 43.6 Å². The van der Waals surface area contributed by atoms with Crippen LogP contribution in [0.5, 0.6) is 17.2 Å². The fourth-order valence-corrected chi connectivity index (χ4v) is 4.22. The van der Waals surface area contributed by atoms with Crippen LogP contribution in [0.3, 0.4) is 0 Å². The van der Waals surface area contributed by atoms with Gasteiger partial charge in [0.15, 0.2) is 11.5 Å².